The predicted octanol–water partition coefficient (Wildman–Crippen LogP) is 0.985. The SMILES string of the molecule is COC(=O)c1cc(NC(=O)c2ccc(N)n2C)cn1C. The summed E-state index contributed by atoms with van der Waals surface area (Å²) >= 11 is 0. The quantitative estimate of drug-likeness (QED) is 0.818. The molecule has 0 aliphatic rings. The zero-order valence-electron chi connectivity index (χ0n) is 11.5. The molecule has 2 aromatic heterocycles. The molecule has 0 atom stereocenters. The van der Waals surface area contributed by atoms with Crippen LogP contribution >= 0.6 is 0 Å². The number of aromatic nitrogens is 2. The van der Waals surface area contributed by atoms with Crippen molar-refractivity contribution in [1.29, 1.82) is 0 Å². The number of carbonyl (C=O) groups excluding carboxylic acids is 2. The molecule has 2 rings (SSSR count). The van der Waals surface area contributed by atoms with Crippen molar-refractivity contribution in [2.45, 2.75) is 0 Å². The normalized spacial score (nSPS) is 10.3. The Hall–Kier alpha value is -2.70. The smallest absolute Gasteiger partial charge is 0.354 e. The van der Waals surface area contributed by atoms with Crippen LogP contribution in [-0.4, -0.2) is 28.1 Å². The van der Waals surface area contributed by atoms with Crippen molar-refractivity contribution in [2.24, 2.45) is 14.1 Å². The Labute approximate surface area is 115 Å². The van der Waals surface area contributed by atoms with Gasteiger partial charge in [-0.1, -0.05) is 0 Å². The van der Waals surface area contributed by atoms with Gasteiger partial charge in [0, 0.05) is 20.3 Å². The van der Waals surface area contributed by atoms with Gasteiger partial charge in [-0.15, -0.1) is 0 Å². The number of hydrogen-bond donors (Lipinski definition) is 2. The molecule has 7 heteroatoms. The van der Waals surface area contributed by atoms with E-state index in [4.69, 9.17) is 5.73 Å². The summed E-state index contributed by atoms with van der Waals surface area (Å²) in [7, 11) is 4.71. The number of anilines is 2. The lowest BCUT2D eigenvalue weighted by molar-refractivity contribution is 0.0590. The van der Waals surface area contributed by atoms with E-state index in [9.17, 15) is 9.59 Å². The van der Waals surface area contributed by atoms with E-state index in [2.05, 4.69) is 10.1 Å². The number of nitrogens with one attached hydrogen (secondary N) is 1. The summed E-state index contributed by atoms with van der Waals surface area (Å²) in [4.78, 5) is 23.6. The standard InChI is InChI=1S/C13H16N4O3/c1-16-7-8(6-10(16)13(19)20-3)15-12(18)9-4-5-11(14)17(9)2/h4-7H,14H2,1-3H3,(H,15,18). The second-order valence-electron chi connectivity index (χ2n) is 4.37. The summed E-state index contributed by atoms with van der Waals surface area (Å²) in [5.41, 5.74) is 6.98. The molecule has 0 spiro atoms. The number of nitrogens with two attached hydrogens (primary N) is 1. The minimum atomic E-state index is -0.462. The molecule has 2 aromatic rings. The Bertz CT molecular complexity index is 669. The summed E-state index contributed by atoms with van der Waals surface area (Å²) in [6.45, 7) is 0. The van der Waals surface area contributed by atoms with Gasteiger partial charge in [0.05, 0.1) is 12.8 Å². The van der Waals surface area contributed by atoms with Crippen LogP contribution in [0.1, 0.15) is 21.0 Å². The number of rotatable bonds is 3. The summed E-state index contributed by atoms with van der Waals surface area (Å²) in [6, 6.07) is 4.84. The van der Waals surface area contributed by atoms with E-state index >= 15 is 0 Å². The first-order chi connectivity index (χ1) is 9.43. The number of methoxy groups -OCH3 is 1. The summed E-state index contributed by atoms with van der Waals surface area (Å²) in [5, 5.41) is 2.71. The van der Waals surface area contributed by atoms with Crippen LogP contribution in [0.25, 0.3) is 0 Å². The lowest BCUT2D eigenvalue weighted by atomic mass is 10.3. The summed E-state index contributed by atoms with van der Waals surface area (Å²) < 4.78 is 7.82. The van der Waals surface area contributed by atoms with Crippen molar-refractivity contribution in [3.63, 3.8) is 0 Å². The fourth-order valence-electron chi connectivity index (χ4n) is 1.89. The number of nitrogens with zero attached hydrogens (tertiary/aromatic N) is 2. The third-order valence-corrected chi connectivity index (χ3v) is 3.05. The predicted molar refractivity (Wildman–Crippen MR) is 74.5 cm³/mol. The van der Waals surface area contributed by atoms with Gasteiger partial charge in [-0.3, -0.25) is 4.79 Å². The molecule has 1 amide bonds. The van der Waals surface area contributed by atoms with Crippen LogP contribution in [-0.2, 0) is 18.8 Å². The Morgan fingerprint density at radius 1 is 1.25 bits per heavy atom. The molecule has 0 fully saturated rings. The molecule has 0 aliphatic heterocycles. The molecular formula is C13H16N4O3. The molecule has 0 saturated carbocycles. The van der Waals surface area contributed by atoms with Gasteiger partial charge < -0.3 is 24.9 Å². The van der Waals surface area contributed by atoms with Crippen molar-refractivity contribution in [1.82, 2.24) is 9.13 Å². The third kappa shape index (κ3) is 2.37. The molecule has 0 unspecified atom stereocenters. The number of hydrogen-bond acceptors (Lipinski definition) is 4. The number of carbonyl (C=O) groups is 2. The Kier molecular flexibility index (Phi) is 3.51. The van der Waals surface area contributed by atoms with E-state index in [1.165, 1.54) is 7.11 Å². The first-order valence-electron chi connectivity index (χ1n) is 5.91. The number of esters is 1. The van der Waals surface area contributed by atoms with Gasteiger partial charge in [0.1, 0.15) is 17.2 Å². The molecule has 0 saturated heterocycles. The highest BCUT2D eigenvalue weighted by Crippen LogP contribution is 2.16. The number of ether oxygens (including phenoxy) is 1. The van der Waals surface area contributed by atoms with Gasteiger partial charge in [-0.05, 0) is 18.2 Å². The monoisotopic (exact) mass is 276 g/mol. The average molecular weight is 276 g/mol. The van der Waals surface area contributed by atoms with Crippen molar-refractivity contribution in [2.75, 3.05) is 18.2 Å². The number of aryl methyl sites for hydroxylation is 1. The van der Waals surface area contributed by atoms with Gasteiger partial charge >= 0.3 is 5.97 Å². The maximum absolute atomic E-state index is 12.1. The molecule has 20 heavy (non-hydrogen) atoms. The van der Waals surface area contributed by atoms with Crippen molar-refractivity contribution in [3.05, 3.63) is 35.8 Å². The second kappa shape index (κ2) is 5.12. The Balaban J connectivity index is 2.20. The van der Waals surface area contributed by atoms with Gasteiger partial charge in [0.25, 0.3) is 5.91 Å². The van der Waals surface area contributed by atoms with Crippen molar-refractivity contribution < 1.29 is 14.3 Å². The van der Waals surface area contributed by atoms with Crippen LogP contribution in [0.2, 0.25) is 0 Å². The minimum absolute atomic E-state index is 0.300. The highest BCUT2D eigenvalue weighted by atomic mass is 16.5. The zero-order valence-corrected chi connectivity index (χ0v) is 11.5. The first kappa shape index (κ1) is 13.7. The topological polar surface area (TPSA) is 91.3 Å². The minimum Gasteiger partial charge on any atom is -0.464 e. The van der Waals surface area contributed by atoms with E-state index in [-0.39, 0.29) is 5.91 Å². The van der Waals surface area contributed by atoms with Crippen molar-refractivity contribution >= 4 is 23.4 Å². The molecular weight excluding hydrogens is 260 g/mol. The highest BCUT2D eigenvalue weighted by molar-refractivity contribution is 6.04. The van der Waals surface area contributed by atoms with Crippen molar-refractivity contribution in [3.8, 4) is 0 Å². The van der Waals surface area contributed by atoms with E-state index in [0.29, 0.717) is 22.9 Å². The van der Waals surface area contributed by atoms with E-state index in [1.54, 1.807) is 47.6 Å². The molecule has 0 radical (unpaired) electrons. The van der Waals surface area contributed by atoms with Crippen LogP contribution in [0.3, 0.4) is 0 Å². The fraction of sp³-hybridized carbons (Fsp3) is 0.231. The Morgan fingerprint density at radius 2 is 1.95 bits per heavy atom. The lowest BCUT2D eigenvalue weighted by Gasteiger charge is -2.05. The average Bonchev–Trinajstić information content (AvgIpc) is 2.93. The van der Waals surface area contributed by atoms with Gasteiger partial charge in [-0.2, -0.15) is 0 Å². The van der Waals surface area contributed by atoms with Crippen LogP contribution in [0.5, 0.6) is 0 Å². The Morgan fingerprint density at radius 3 is 2.50 bits per heavy atom. The van der Waals surface area contributed by atoms with Gasteiger partial charge in [-0.25, -0.2) is 4.79 Å². The van der Waals surface area contributed by atoms with Gasteiger partial charge in [0.2, 0.25) is 0 Å². The van der Waals surface area contributed by atoms with Crippen LogP contribution in [0, 0.1) is 0 Å². The van der Waals surface area contributed by atoms with Crippen LogP contribution in [0.4, 0.5) is 11.5 Å². The molecule has 0 aliphatic carbocycles. The van der Waals surface area contributed by atoms with E-state index in [1.807, 2.05) is 0 Å². The third-order valence-electron chi connectivity index (χ3n) is 3.05. The lowest BCUT2D eigenvalue weighted by Crippen LogP contribution is -2.15. The maximum atomic E-state index is 12.1. The highest BCUT2D eigenvalue weighted by Gasteiger charge is 2.15. The number of amides is 1. The van der Waals surface area contributed by atoms with Crippen LogP contribution < -0.4 is 11.1 Å². The maximum Gasteiger partial charge on any atom is 0.354 e. The first-order valence-corrected chi connectivity index (χ1v) is 5.91. The van der Waals surface area contributed by atoms with E-state index < -0.39 is 5.97 Å². The van der Waals surface area contributed by atoms with Gasteiger partial charge in [0.15, 0.2) is 0 Å². The van der Waals surface area contributed by atoms with E-state index in [0.717, 1.165) is 0 Å². The summed E-state index contributed by atoms with van der Waals surface area (Å²) in [5.74, 6) is -0.263. The number of nitrogen functional groups attached to an aromatic ring is 1. The fourth-order valence-corrected chi connectivity index (χ4v) is 1.89. The molecule has 3 N–H and O–H groups in total. The summed E-state index contributed by atoms with van der Waals surface area (Å²) in [6.07, 6.45) is 1.64. The molecule has 7 nitrogen and oxygen atoms in total. The van der Waals surface area contributed by atoms with Crippen LogP contribution in [0.15, 0.2) is 24.4 Å². The molecule has 0 aromatic carbocycles. The molecule has 0 bridgehead atoms. The zero-order chi connectivity index (χ0) is 14.9. The molecule has 106 valence electrons. The second-order valence-corrected chi connectivity index (χ2v) is 4.37. The largest absolute Gasteiger partial charge is 0.464 e. The molecule has 2 heterocycles.